The normalized spacial score (nSPS) is 11.3. The average Bonchev–Trinajstić information content (AvgIpc) is 3.10. The number of hydrogen-bond acceptors (Lipinski definition) is 4. The Bertz CT molecular complexity index is 869. The average molecular weight is 320 g/mol. The van der Waals surface area contributed by atoms with E-state index >= 15 is 0 Å². The van der Waals surface area contributed by atoms with Crippen molar-refractivity contribution in [2.75, 3.05) is 0 Å². The molecule has 3 aromatic rings. The monoisotopic (exact) mass is 320 g/mol. The Morgan fingerprint density at radius 1 is 1.35 bits per heavy atom. The summed E-state index contributed by atoms with van der Waals surface area (Å²) in [6.07, 6.45) is 1.94. The van der Waals surface area contributed by atoms with Crippen LogP contribution in [0.25, 0.3) is 5.65 Å². The number of alkyl halides is 2. The van der Waals surface area contributed by atoms with Gasteiger partial charge in [0.25, 0.3) is 12.3 Å². The van der Waals surface area contributed by atoms with Crippen LogP contribution < -0.4 is 5.32 Å². The summed E-state index contributed by atoms with van der Waals surface area (Å²) < 4.78 is 28.7. The first kappa shape index (κ1) is 15.1. The minimum Gasteiger partial charge on any atom is -0.348 e. The van der Waals surface area contributed by atoms with Crippen molar-refractivity contribution in [2.24, 2.45) is 7.05 Å². The third-order valence-corrected chi connectivity index (χ3v) is 3.31. The number of nitrogens with one attached hydrogen (secondary N) is 1. The van der Waals surface area contributed by atoms with Gasteiger partial charge >= 0.3 is 0 Å². The molecule has 0 radical (unpaired) electrons. The summed E-state index contributed by atoms with van der Waals surface area (Å²) >= 11 is 0. The van der Waals surface area contributed by atoms with Crippen molar-refractivity contribution in [1.29, 1.82) is 0 Å². The van der Waals surface area contributed by atoms with E-state index in [2.05, 4.69) is 20.5 Å². The Hall–Kier alpha value is -2.84. The van der Waals surface area contributed by atoms with Crippen LogP contribution in [0.3, 0.4) is 0 Å². The summed E-state index contributed by atoms with van der Waals surface area (Å²) in [7, 11) is 1.77. The van der Waals surface area contributed by atoms with Gasteiger partial charge in [-0.25, -0.2) is 18.3 Å². The molecular weight excluding hydrogens is 306 g/mol. The van der Waals surface area contributed by atoms with E-state index in [1.807, 2.05) is 0 Å². The van der Waals surface area contributed by atoms with Gasteiger partial charge in [0.2, 0.25) is 0 Å². The first-order valence-electron chi connectivity index (χ1n) is 6.85. The summed E-state index contributed by atoms with van der Waals surface area (Å²) in [6.45, 7) is 1.87. The van der Waals surface area contributed by atoms with E-state index in [4.69, 9.17) is 0 Å². The fraction of sp³-hybridized carbons (Fsp3) is 0.286. The lowest BCUT2D eigenvalue weighted by molar-refractivity contribution is 0.0952. The molecule has 1 N–H and O–H groups in total. The van der Waals surface area contributed by atoms with Gasteiger partial charge in [-0.15, -0.1) is 0 Å². The van der Waals surface area contributed by atoms with Gasteiger partial charge in [-0.3, -0.25) is 9.48 Å². The summed E-state index contributed by atoms with van der Waals surface area (Å²) in [5.41, 5.74) is 1.20. The lowest BCUT2D eigenvalue weighted by Gasteiger charge is -2.06. The molecular formula is C14H14F2N6O. The van der Waals surface area contributed by atoms with Gasteiger partial charge < -0.3 is 5.32 Å². The van der Waals surface area contributed by atoms with E-state index in [0.29, 0.717) is 5.69 Å². The third-order valence-electron chi connectivity index (χ3n) is 3.31. The van der Waals surface area contributed by atoms with Gasteiger partial charge in [-0.2, -0.15) is 10.2 Å². The maximum atomic E-state index is 13.1. The van der Waals surface area contributed by atoms with Crippen LogP contribution in [0, 0.1) is 6.92 Å². The molecule has 0 aliphatic heterocycles. The molecule has 7 nitrogen and oxygen atoms in total. The highest BCUT2D eigenvalue weighted by atomic mass is 19.3. The fourth-order valence-corrected chi connectivity index (χ4v) is 2.27. The van der Waals surface area contributed by atoms with Crippen molar-refractivity contribution < 1.29 is 13.6 Å². The van der Waals surface area contributed by atoms with E-state index in [1.54, 1.807) is 31.0 Å². The number of halogens is 2. The summed E-state index contributed by atoms with van der Waals surface area (Å²) in [4.78, 5) is 16.4. The topological polar surface area (TPSA) is 77.1 Å². The molecule has 0 aliphatic carbocycles. The molecule has 0 bridgehead atoms. The maximum Gasteiger partial charge on any atom is 0.280 e. The van der Waals surface area contributed by atoms with Crippen molar-refractivity contribution >= 4 is 11.6 Å². The number of fused-ring (bicyclic) bond motifs is 1. The summed E-state index contributed by atoms with van der Waals surface area (Å²) in [6, 6.07) is 1.25. The van der Waals surface area contributed by atoms with Gasteiger partial charge in [0.1, 0.15) is 11.3 Å². The second-order valence-electron chi connectivity index (χ2n) is 5.12. The number of aromatic nitrogens is 5. The molecule has 0 atom stereocenters. The van der Waals surface area contributed by atoms with Crippen molar-refractivity contribution in [2.45, 2.75) is 19.9 Å². The van der Waals surface area contributed by atoms with Crippen molar-refractivity contribution in [3.05, 3.63) is 47.2 Å². The first-order valence-corrected chi connectivity index (χ1v) is 6.85. The minimum atomic E-state index is -2.70. The maximum absolute atomic E-state index is 13.1. The molecule has 0 saturated heterocycles. The van der Waals surface area contributed by atoms with Crippen LogP contribution >= 0.6 is 0 Å². The first-order chi connectivity index (χ1) is 11.0. The predicted octanol–water partition coefficient (Wildman–Crippen LogP) is 1.64. The number of carbonyl (C=O) groups is 1. The number of rotatable bonds is 4. The summed E-state index contributed by atoms with van der Waals surface area (Å²) in [5.74, 6) is -0.429. The molecule has 0 saturated carbocycles. The Morgan fingerprint density at radius 2 is 2.13 bits per heavy atom. The quantitative estimate of drug-likeness (QED) is 0.793. The zero-order valence-corrected chi connectivity index (χ0v) is 12.5. The molecule has 9 heteroatoms. The number of hydrogen-bond donors (Lipinski definition) is 1. The van der Waals surface area contributed by atoms with E-state index in [0.717, 1.165) is 10.1 Å². The van der Waals surface area contributed by atoms with Crippen LogP contribution in [-0.2, 0) is 13.6 Å². The molecule has 1 amide bonds. The molecule has 0 aromatic carbocycles. The largest absolute Gasteiger partial charge is 0.348 e. The molecule has 3 heterocycles. The highest BCUT2D eigenvalue weighted by Crippen LogP contribution is 2.21. The van der Waals surface area contributed by atoms with Crippen molar-refractivity contribution in [1.82, 2.24) is 29.7 Å². The molecule has 3 aromatic heterocycles. The van der Waals surface area contributed by atoms with Gasteiger partial charge in [0.05, 0.1) is 12.4 Å². The number of carbonyl (C=O) groups excluding carboxylic acids is 1. The molecule has 120 valence electrons. The molecule has 0 fully saturated rings. The molecule has 23 heavy (non-hydrogen) atoms. The number of nitrogens with zero attached hydrogens (tertiary/aromatic N) is 5. The van der Waals surface area contributed by atoms with Crippen LogP contribution in [0.5, 0.6) is 0 Å². The zero-order valence-electron chi connectivity index (χ0n) is 12.5. The number of aryl methyl sites for hydroxylation is 2. The van der Waals surface area contributed by atoms with E-state index in [9.17, 15) is 13.6 Å². The molecule has 3 rings (SSSR count). The highest BCUT2D eigenvalue weighted by molar-refractivity contribution is 5.99. The van der Waals surface area contributed by atoms with Gasteiger partial charge in [0, 0.05) is 31.0 Å². The lowest BCUT2D eigenvalue weighted by Crippen LogP contribution is -2.22. The van der Waals surface area contributed by atoms with Gasteiger partial charge in [-0.05, 0) is 13.0 Å². The highest BCUT2D eigenvalue weighted by Gasteiger charge is 2.20. The third kappa shape index (κ3) is 2.89. The Kier molecular flexibility index (Phi) is 3.77. The minimum absolute atomic E-state index is 0.115. The van der Waals surface area contributed by atoms with Crippen LogP contribution in [0.2, 0.25) is 0 Å². The standard InChI is InChI=1S/C14H14F2N6O/c1-8-3-11(12(15)16)22-13(20-8)10(6-19-22)14(23)17-4-9-5-18-21(2)7-9/h3,5-7,12H,4H2,1-2H3,(H,17,23). The number of amides is 1. The smallest absolute Gasteiger partial charge is 0.280 e. The lowest BCUT2D eigenvalue weighted by atomic mass is 10.2. The van der Waals surface area contributed by atoms with Crippen LogP contribution in [0.4, 0.5) is 8.78 Å². The molecule has 0 aliphatic rings. The van der Waals surface area contributed by atoms with Crippen molar-refractivity contribution in [3.8, 4) is 0 Å². The van der Waals surface area contributed by atoms with E-state index in [-0.39, 0.29) is 23.4 Å². The SMILES string of the molecule is Cc1cc(C(F)F)n2ncc(C(=O)NCc3cnn(C)c3)c2n1. The second-order valence-corrected chi connectivity index (χ2v) is 5.12. The molecule has 0 unspecified atom stereocenters. The van der Waals surface area contributed by atoms with Crippen LogP contribution in [-0.4, -0.2) is 30.3 Å². The van der Waals surface area contributed by atoms with Crippen molar-refractivity contribution in [3.63, 3.8) is 0 Å². The second kappa shape index (κ2) is 5.75. The predicted molar refractivity (Wildman–Crippen MR) is 77.1 cm³/mol. The fourth-order valence-electron chi connectivity index (χ4n) is 2.27. The van der Waals surface area contributed by atoms with Crippen LogP contribution in [0.15, 0.2) is 24.7 Å². The Labute approximate surface area is 129 Å². The van der Waals surface area contributed by atoms with Gasteiger partial charge in [-0.1, -0.05) is 0 Å². The zero-order chi connectivity index (χ0) is 16.6. The van der Waals surface area contributed by atoms with Crippen LogP contribution in [0.1, 0.15) is 33.7 Å². The Morgan fingerprint density at radius 3 is 2.78 bits per heavy atom. The van der Waals surface area contributed by atoms with Gasteiger partial charge in [0.15, 0.2) is 5.65 Å². The summed E-state index contributed by atoms with van der Waals surface area (Å²) in [5, 5.41) is 10.6. The Balaban J connectivity index is 1.89. The van der Waals surface area contributed by atoms with E-state index < -0.39 is 12.3 Å². The molecule has 0 spiro atoms. The van der Waals surface area contributed by atoms with E-state index in [1.165, 1.54) is 12.3 Å².